The molecule has 0 heterocycles. The first kappa shape index (κ1) is 33.5. The van der Waals surface area contributed by atoms with Crippen LogP contribution in [-0.2, 0) is 32.6 Å². The lowest BCUT2D eigenvalue weighted by atomic mass is 9.70. The molecule has 0 unspecified atom stereocenters. The van der Waals surface area contributed by atoms with Crippen molar-refractivity contribution in [3.05, 3.63) is 152 Å². The van der Waals surface area contributed by atoms with Crippen LogP contribution in [0.5, 0.6) is 0 Å². The summed E-state index contributed by atoms with van der Waals surface area (Å²) in [6.45, 7) is 1.74. The van der Waals surface area contributed by atoms with Gasteiger partial charge in [-0.15, -0.1) is 0 Å². The van der Waals surface area contributed by atoms with Gasteiger partial charge in [0.25, 0.3) is 5.69 Å². The first-order chi connectivity index (χ1) is 21.9. The summed E-state index contributed by atoms with van der Waals surface area (Å²) in [7, 11) is -4.35. The Hall–Kier alpha value is -4.82. The number of hydrogen-bond acceptors (Lipinski definition) is 5. The predicted octanol–water partition coefficient (Wildman–Crippen LogP) is 7.85. The number of nitrogens with one attached hydrogen (secondary N) is 1. The van der Waals surface area contributed by atoms with Gasteiger partial charge in [-0.3, -0.25) is 14.9 Å². The summed E-state index contributed by atoms with van der Waals surface area (Å²) in [4.78, 5) is 25.1. The molecule has 14 heteroatoms. The molecule has 47 heavy (non-hydrogen) atoms. The van der Waals surface area contributed by atoms with Crippen molar-refractivity contribution >= 4 is 21.5 Å². The van der Waals surface area contributed by atoms with Crippen LogP contribution in [0, 0.1) is 17.0 Å². The van der Waals surface area contributed by atoms with Gasteiger partial charge in [0.1, 0.15) is 0 Å². The molecule has 0 saturated heterocycles. The first-order valence-electron chi connectivity index (χ1n) is 13.9. The monoisotopic (exact) mass is 674 g/mol. The number of allylic oxidation sites excluding steroid dienone is 1. The standard InChI is InChI=1S/C33H24F6N2O5S/c1-20-2-16-27(17-3-20)47(45,46)40-29(21-4-14-26(15-5-21)41(43)44)28-18-19-31(30(28)42,22-6-10-24(11-7-22)32(34,35)36)23-8-12-25(13-9-23)33(37,38)39/h2-18,29,40H,19H2,1H3/t29-/m0/s1. The summed E-state index contributed by atoms with van der Waals surface area (Å²) >= 11 is 0. The van der Waals surface area contributed by atoms with Crippen LogP contribution in [0.3, 0.4) is 0 Å². The minimum Gasteiger partial charge on any atom is -0.293 e. The lowest BCUT2D eigenvalue weighted by molar-refractivity contribution is -0.384. The normalized spacial score (nSPS) is 15.7. The second-order valence-corrected chi connectivity index (χ2v) is 12.7. The number of nitro groups is 1. The SMILES string of the molecule is Cc1ccc(S(=O)(=O)N[C@H](C2=CCC(c3ccc(C(F)(F)F)cc3)(c3ccc(C(F)(F)F)cc3)C2=O)c2ccc([N+](=O)[O-])cc2)cc1. The number of hydrogen-bond donors (Lipinski definition) is 1. The maximum atomic E-state index is 14.6. The molecular weight excluding hydrogens is 650 g/mol. The number of carbonyl (C=O) groups excluding carboxylic acids is 1. The van der Waals surface area contributed by atoms with Crippen molar-refractivity contribution in [1.29, 1.82) is 0 Å². The van der Waals surface area contributed by atoms with Gasteiger partial charge in [0, 0.05) is 17.7 Å². The van der Waals surface area contributed by atoms with Gasteiger partial charge in [-0.1, -0.05) is 60.2 Å². The summed E-state index contributed by atoms with van der Waals surface area (Å²) in [6, 6.07) is 16.3. The summed E-state index contributed by atoms with van der Waals surface area (Å²) in [6.07, 6.45) is -8.29. The van der Waals surface area contributed by atoms with Gasteiger partial charge in [-0.2, -0.15) is 31.1 Å². The fourth-order valence-electron chi connectivity index (χ4n) is 5.54. The van der Waals surface area contributed by atoms with Gasteiger partial charge < -0.3 is 0 Å². The van der Waals surface area contributed by atoms with E-state index in [1.54, 1.807) is 19.1 Å². The van der Waals surface area contributed by atoms with Gasteiger partial charge in [0.2, 0.25) is 10.0 Å². The quantitative estimate of drug-likeness (QED) is 0.116. The van der Waals surface area contributed by atoms with Crippen molar-refractivity contribution in [2.24, 2.45) is 0 Å². The van der Waals surface area contributed by atoms with E-state index in [4.69, 9.17) is 0 Å². The van der Waals surface area contributed by atoms with E-state index in [0.717, 1.165) is 66.2 Å². The zero-order chi connectivity index (χ0) is 34.4. The van der Waals surface area contributed by atoms with Crippen LogP contribution < -0.4 is 4.72 Å². The molecule has 0 aliphatic heterocycles. The van der Waals surface area contributed by atoms with Crippen LogP contribution in [0.1, 0.15) is 45.8 Å². The van der Waals surface area contributed by atoms with Crippen molar-refractivity contribution in [3.63, 3.8) is 0 Å². The van der Waals surface area contributed by atoms with E-state index in [1.165, 1.54) is 30.3 Å². The number of rotatable bonds is 8. The molecule has 1 N–H and O–H groups in total. The highest BCUT2D eigenvalue weighted by atomic mass is 32.2. The molecule has 0 amide bonds. The number of nitro benzene ring substituents is 1. The minimum atomic E-state index is -4.71. The lowest BCUT2D eigenvalue weighted by Gasteiger charge is -2.31. The van der Waals surface area contributed by atoms with Gasteiger partial charge in [0.15, 0.2) is 5.78 Å². The van der Waals surface area contributed by atoms with E-state index in [0.29, 0.717) is 0 Å². The van der Waals surface area contributed by atoms with Crippen LogP contribution in [0.15, 0.2) is 114 Å². The number of sulfonamides is 1. The number of non-ortho nitro benzene ring substituents is 1. The van der Waals surface area contributed by atoms with Crippen LogP contribution in [0.25, 0.3) is 0 Å². The third-order valence-electron chi connectivity index (χ3n) is 8.04. The summed E-state index contributed by atoms with van der Waals surface area (Å²) in [5.41, 5.74) is -3.38. The highest BCUT2D eigenvalue weighted by Gasteiger charge is 2.49. The molecule has 1 aliphatic carbocycles. The van der Waals surface area contributed by atoms with Crippen LogP contribution in [0.2, 0.25) is 0 Å². The molecular formula is C33H24F6N2O5S. The smallest absolute Gasteiger partial charge is 0.293 e. The molecule has 4 aromatic rings. The fourth-order valence-corrected chi connectivity index (χ4v) is 6.74. The summed E-state index contributed by atoms with van der Waals surface area (Å²) < 4.78 is 110. The molecule has 0 bridgehead atoms. The molecule has 244 valence electrons. The number of aryl methyl sites for hydroxylation is 1. The molecule has 0 spiro atoms. The number of benzene rings is 4. The van der Waals surface area contributed by atoms with E-state index in [9.17, 15) is 49.7 Å². The Morgan fingerprint density at radius 2 is 1.23 bits per heavy atom. The van der Waals surface area contributed by atoms with E-state index in [2.05, 4.69) is 4.72 Å². The highest BCUT2D eigenvalue weighted by Crippen LogP contribution is 2.48. The van der Waals surface area contributed by atoms with Crippen molar-refractivity contribution in [2.75, 3.05) is 0 Å². The molecule has 0 fully saturated rings. The molecule has 5 rings (SSSR count). The molecule has 0 radical (unpaired) electrons. The Balaban J connectivity index is 1.65. The number of Topliss-reactive ketones (excluding diaryl/α,β-unsaturated/α-hetero) is 1. The maximum absolute atomic E-state index is 14.6. The predicted molar refractivity (Wildman–Crippen MR) is 159 cm³/mol. The minimum absolute atomic E-state index is 0.0327. The number of alkyl halides is 6. The Morgan fingerprint density at radius 3 is 1.66 bits per heavy atom. The van der Waals surface area contributed by atoms with Crippen molar-refractivity contribution in [2.45, 2.75) is 42.0 Å². The van der Waals surface area contributed by atoms with Gasteiger partial charge in [-0.25, -0.2) is 8.42 Å². The Bertz CT molecular complexity index is 1900. The fraction of sp³-hybridized carbons (Fsp3) is 0.182. The number of carbonyl (C=O) groups is 1. The molecule has 1 aliphatic rings. The summed E-state index contributed by atoms with van der Waals surface area (Å²) in [5, 5.41) is 11.3. The third-order valence-corrected chi connectivity index (χ3v) is 9.48. The topological polar surface area (TPSA) is 106 Å². The van der Waals surface area contributed by atoms with E-state index in [1.807, 2.05) is 0 Å². The summed E-state index contributed by atoms with van der Waals surface area (Å²) in [5.74, 6) is -0.785. The van der Waals surface area contributed by atoms with E-state index >= 15 is 0 Å². The number of halogens is 6. The average Bonchev–Trinajstić information content (AvgIpc) is 3.36. The van der Waals surface area contributed by atoms with Crippen molar-refractivity contribution in [3.8, 4) is 0 Å². The van der Waals surface area contributed by atoms with Crippen molar-refractivity contribution < 1.29 is 44.5 Å². The molecule has 0 saturated carbocycles. The average molecular weight is 675 g/mol. The Labute approximate surface area is 264 Å². The van der Waals surface area contributed by atoms with E-state index in [-0.39, 0.29) is 39.3 Å². The largest absolute Gasteiger partial charge is 0.416 e. The number of nitrogens with zero attached hydrogens (tertiary/aromatic N) is 1. The van der Waals surface area contributed by atoms with Crippen LogP contribution >= 0.6 is 0 Å². The van der Waals surface area contributed by atoms with Gasteiger partial charge in [-0.05, 0) is 66.4 Å². The zero-order valence-electron chi connectivity index (χ0n) is 24.3. The second-order valence-electron chi connectivity index (χ2n) is 11.0. The first-order valence-corrected chi connectivity index (χ1v) is 15.4. The van der Waals surface area contributed by atoms with Crippen LogP contribution in [0.4, 0.5) is 32.0 Å². The zero-order valence-corrected chi connectivity index (χ0v) is 25.1. The van der Waals surface area contributed by atoms with Gasteiger partial charge in [0.05, 0.1) is 32.4 Å². The molecule has 1 atom stereocenters. The maximum Gasteiger partial charge on any atom is 0.416 e. The van der Waals surface area contributed by atoms with Crippen LogP contribution in [-0.4, -0.2) is 19.1 Å². The molecule has 7 nitrogen and oxygen atoms in total. The third kappa shape index (κ3) is 6.56. The number of ketones is 1. The second kappa shape index (κ2) is 12.1. The van der Waals surface area contributed by atoms with Gasteiger partial charge >= 0.3 is 12.4 Å². The highest BCUT2D eigenvalue weighted by molar-refractivity contribution is 7.89. The Kier molecular flexibility index (Phi) is 8.62. The molecule has 0 aromatic heterocycles. The lowest BCUT2D eigenvalue weighted by Crippen LogP contribution is -2.38. The molecule has 4 aromatic carbocycles. The van der Waals surface area contributed by atoms with E-state index < -0.39 is 55.7 Å². The Morgan fingerprint density at radius 1 is 0.766 bits per heavy atom. The van der Waals surface area contributed by atoms with Crippen molar-refractivity contribution in [1.82, 2.24) is 4.72 Å².